The highest BCUT2D eigenvalue weighted by molar-refractivity contribution is 5.16. The zero-order valence-corrected chi connectivity index (χ0v) is 10.7. The van der Waals surface area contributed by atoms with E-state index in [1.165, 1.54) is 11.1 Å². The molecule has 0 aliphatic heterocycles. The van der Waals surface area contributed by atoms with Gasteiger partial charge in [-0.15, -0.1) is 0 Å². The average molecular weight is 244 g/mol. The van der Waals surface area contributed by atoms with Gasteiger partial charge in [0.1, 0.15) is 0 Å². The van der Waals surface area contributed by atoms with E-state index in [-0.39, 0.29) is 12.6 Å². The molecule has 2 N–H and O–H groups in total. The van der Waals surface area contributed by atoms with E-state index in [4.69, 9.17) is 0 Å². The third kappa shape index (κ3) is 3.72. The van der Waals surface area contributed by atoms with Gasteiger partial charge in [0.2, 0.25) is 0 Å². The lowest BCUT2D eigenvalue weighted by molar-refractivity contribution is 0.241. The van der Waals surface area contributed by atoms with Crippen molar-refractivity contribution in [1.82, 2.24) is 9.88 Å². The van der Waals surface area contributed by atoms with Crippen molar-refractivity contribution in [1.29, 1.82) is 0 Å². The van der Waals surface area contributed by atoms with Gasteiger partial charge in [-0.2, -0.15) is 0 Å². The number of nitrogens with one attached hydrogen (secondary N) is 1. The molecule has 2 aromatic rings. The number of aromatic nitrogens is 1. The highest BCUT2D eigenvalue weighted by atomic mass is 16.3. The minimum Gasteiger partial charge on any atom is -0.395 e. The molecular weight excluding hydrogens is 224 g/mol. The van der Waals surface area contributed by atoms with Gasteiger partial charge < -0.3 is 15.0 Å². The molecule has 1 heterocycles. The minimum absolute atomic E-state index is 0.104. The number of nitrogens with zero attached hydrogens (tertiary/aromatic N) is 1. The van der Waals surface area contributed by atoms with Crippen molar-refractivity contribution >= 4 is 0 Å². The lowest BCUT2D eigenvalue weighted by Gasteiger charge is -2.15. The van der Waals surface area contributed by atoms with E-state index in [1.807, 2.05) is 36.0 Å². The highest BCUT2D eigenvalue weighted by Gasteiger charge is 2.07. The first-order valence-corrected chi connectivity index (χ1v) is 6.27. The average Bonchev–Trinajstić information content (AvgIpc) is 2.81. The fraction of sp³-hybridized carbons (Fsp3) is 0.333. The standard InChI is InChI=1S/C15H20N2O/c1-17-8-7-14(11-17)10-16-15(12-18)9-13-5-3-2-4-6-13/h2-8,11,15-16,18H,9-10,12H2,1H3/t15-/m1/s1. The Balaban J connectivity index is 1.86. The molecule has 0 amide bonds. The van der Waals surface area contributed by atoms with Crippen LogP contribution in [0.15, 0.2) is 48.8 Å². The first-order chi connectivity index (χ1) is 8.78. The molecule has 18 heavy (non-hydrogen) atoms. The van der Waals surface area contributed by atoms with Gasteiger partial charge in [-0.25, -0.2) is 0 Å². The van der Waals surface area contributed by atoms with Crippen molar-refractivity contribution in [3.63, 3.8) is 0 Å². The van der Waals surface area contributed by atoms with Crippen molar-refractivity contribution in [2.75, 3.05) is 6.61 Å². The molecule has 1 aromatic carbocycles. The predicted octanol–water partition coefficient (Wildman–Crippen LogP) is 1.72. The zero-order valence-electron chi connectivity index (χ0n) is 10.7. The van der Waals surface area contributed by atoms with Gasteiger partial charge >= 0.3 is 0 Å². The number of aliphatic hydroxyl groups excluding tert-OH is 1. The third-order valence-electron chi connectivity index (χ3n) is 3.03. The van der Waals surface area contributed by atoms with Crippen LogP contribution in [0.5, 0.6) is 0 Å². The maximum atomic E-state index is 9.40. The van der Waals surface area contributed by atoms with Crippen molar-refractivity contribution in [2.45, 2.75) is 19.0 Å². The molecule has 0 aliphatic carbocycles. The Morgan fingerprint density at radius 2 is 1.94 bits per heavy atom. The van der Waals surface area contributed by atoms with Gasteiger partial charge in [0, 0.05) is 32.0 Å². The fourth-order valence-electron chi connectivity index (χ4n) is 2.03. The molecule has 96 valence electrons. The highest BCUT2D eigenvalue weighted by Crippen LogP contribution is 2.05. The van der Waals surface area contributed by atoms with Gasteiger partial charge in [0.05, 0.1) is 6.61 Å². The number of aliphatic hydroxyl groups is 1. The van der Waals surface area contributed by atoms with Gasteiger partial charge in [0.15, 0.2) is 0 Å². The van der Waals surface area contributed by atoms with E-state index in [0.29, 0.717) is 0 Å². The summed E-state index contributed by atoms with van der Waals surface area (Å²) in [6.07, 6.45) is 4.97. The van der Waals surface area contributed by atoms with Crippen molar-refractivity contribution in [2.24, 2.45) is 7.05 Å². The van der Waals surface area contributed by atoms with Crippen LogP contribution >= 0.6 is 0 Å². The summed E-state index contributed by atoms with van der Waals surface area (Å²) in [4.78, 5) is 0. The van der Waals surface area contributed by atoms with Crippen LogP contribution in [-0.2, 0) is 20.0 Å². The van der Waals surface area contributed by atoms with Crippen LogP contribution in [0.3, 0.4) is 0 Å². The Hall–Kier alpha value is -1.58. The predicted molar refractivity (Wildman–Crippen MR) is 73.3 cm³/mol. The summed E-state index contributed by atoms with van der Waals surface area (Å²) in [7, 11) is 2.01. The zero-order chi connectivity index (χ0) is 12.8. The monoisotopic (exact) mass is 244 g/mol. The SMILES string of the molecule is Cn1ccc(CN[C@@H](CO)Cc2ccccc2)c1. The quantitative estimate of drug-likeness (QED) is 0.812. The van der Waals surface area contributed by atoms with Crippen molar-refractivity contribution in [3.8, 4) is 0 Å². The summed E-state index contributed by atoms with van der Waals surface area (Å²) >= 11 is 0. The van der Waals surface area contributed by atoms with Gasteiger partial charge in [-0.05, 0) is 23.6 Å². The maximum absolute atomic E-state index is 9.40. The molecule has 0 saturated carbocycles. The summed E-state index contributed by atoms with van der Waals surface area (Å²) in [5.41, 5.74) is 2.49. The Morgan fingerprint density at radius 1 is 1.17 bits per heavy atom. The maximum Gasteiger partial charge on any atom is 0.0587 e. The van der Waals surface area contributed by atoms with Gasteiger partial charge in [0.25, 0.3) is 0 Å². The van der Waals surface area contributed by atoms with Gasteiger partial charge in [-0.3, -0.25) is 0 Å². The fourth-order valence-corrected chi connectivity index (χ4v) is 2.03. The normalized spacial score (nSPS) is 12.6. The minimum atomic E-state index is 0.104. The first kappa shape index (κ1) is 12.9. The second kappa shape index (κ2) is 6.38. The number of hydrogen-bond acceptors (Lipinski definition) is 2. The van der Waals surface area contributed by atoms with Crippen LogP contribution in [0, 0.1) is 0 Å². The number of rotatable bonds is 6. The summed E-state index contributed by atoms with van der Waals surface area (Å²) < 4.78 is 2.03. The Kier molecular flexibility index (Phi) is 4.56. The first-order valence-electron chi connectivity index (χ1n) is 6.27. The molecule has 1 aromatic heterocycles. The molecule has 0 fully saturated rings. The van der Waals surface area contributed by atoms with Crippen LogP contribution in [0.25, 0.3) is 0 Å². The molecule has 0 aliphatic rings. The van der Waals surface area contributed by atoms with Crippen LogP contribution < -0.4 is 5.32 Å². The molecular formula is C15H20N2O. The smallest absolute Gasteiger partial charge is 0.0587 e. The van der Waals surface area contributed by atoms with Crippen molar-refractivity contribution < 1.29 is 5.11 Å². The van der Waals surface area contributed by atoms with E-state index < -0.39 is 0 Å². The van der Waals surface area contributed by atoms with Crippen molar-refractivity contribution in [3.05, 3.63) is 59.9 Å². The molecule has 3 nitrogen and oxygen atoms in total. The van der Waals surface area contributed by atoms with Gasteiger partial charge in [-0.1, -0.05) is 30.3 Å². The van der Waals surface area contributed by atoms with Crippen LogP contribution in [0.1, 0.15) is 11.1 Å². The topological polar surface area (TPSA) is 37.2 Å². The molecule has 0 bridgehead atoms. The lowest BCUT2D eigenvalue weighted by atomic mass is 10.1. The largest absolute Gasteiger partial charge is 0.395 e. The summed E-state index contributed by atoms with van der Waals surface area (Å²) in [5.74, 6) is 0. The molecule has 1 atom stereocenters. The van der Waals surface area contributed by atoms with Crippen LogP contribution in [0.2, 0.25) is 0 Å². The second-order valence-electron chi connectivity index (χ2n) is 4.64. The van der Waals surface area contributed by atoms with Crippen LogP contribution in [0.4, 0.5) is 0 Å². The lowest BCUT2D eigenvalue weighted by Crippen LogP contribution is -2.33. The molecule has 0 spiro atoms. The summed E-state index contributed by atoms with van der Waals surface area (Å²) in [5, 5.41) is 12.8. The van der Waals surface area contributed by atoms with E-state index >= 15 is 0 Å². The number of benzene rings is 1. The van der Waals surface area contributed by atoms with E-state index in [2.05, 4.69) is 29.7 Å². The van der Waals surface area contributed by atoms with E-state index in [0.717, 1.165) is 13.0 Å². The number of aryl methyl sites for hydroxylation is 1. The molecule has 2 rings (SSSR count). The summed E-state index contributed by atoms with van der Waals surface area (Å²) in [6, 6.07) is 12.4. The Bertz CT molecular complexity index is 464. The third-order valence-corrected chi connectivity index (χ3v) is 3.03. The molecule has 0 unspecified atom stereocenters. The number of hydrogen-bond donors (Lipinski definition) is 2. The molecule has 3 heteroatoms. The second-order valence-corrected chi connectivity index (χ2v) is 4.64. The van der Waals surface area contributed by atoms with Crippen LogP contribution in [-0.4, -0.2) is 22.3 Å². The molecule has 0 radical (unpaired) electrons. The summed E-state index contributed by atoms with van der Waals surface area (Å²) in [6.45, 7) is 0.945. The van der Waals surface area contributed by atoms with E-state index in [1.54, 1.807) is 0 Å². The molecule has 0 saturated heterocycles. The Morgan fingerprint density at radius 3 is 2.56 bits per heavy atom. The van der Waals surface area contributed by atoms with E-state index in [9.17, 15) is 5.11 Å². The Labute approximate surface area is 108 Å².